The molecule has 13 heavy (non-hydrogen) atoms. The Labute approximate surface area is 80.7 Å². The first kappa shape index (κ1) is 10.5. The Morgan fingerprint density at radius 1 is 1.62 bits per heavy atom. The lowest BCUT2D eigenvalue weighted by Gasteiger charge is -2.27. The first-order chi connectivity index (χ1) is 6.22. The Balaban J connectivity index is 2.44. The molecule has 3 heteroatoms. The molecule has 1 aliphatic heterocycles. The van der Waals surface area contributed by atoms with Crippen LogP contribution in [0.1, 0.15) is 13.3 Å². The molecule has 1 rings (SSSR count). The van der Waals surface area contributed by atoms with Crippen LogP contribution in [0.3, 0.4) is 0 Å². The Kier molecular flexibility index (Phi) is 3.73. The average Bonchev–Trinajstić information content (AvgIpc) is 2.49. The summed E-state index contributed by atoms with van der Waals surface area (Å²) in [7, 11) is 2.13. The molecule has 0 aromatic heterocycles. The van der Waals surface area contributed by atoms with Crippen LogP contribution in [0.2, 0.25) is 0 Å². The standard InChI is InChI=1S/C10H19N3/c1-3-4-6-12-10(8-11)5-7-13(2)9-10/h12H,5-9,11H2,1-2H3. The lowest BCUT2D eigenvalue weighted by molar-refractivity contribution is 0.328. The minimum Gasteiger partial charge on any atom is -0.329 e. The van der Waals surface area contributed by atoms with E-state index in [1.807, 2.05) is 6.92 Å². The molecule has 1 unspecified atom stereocenters. The molecule has 0 aliphatic carbocycles. The summed E-state index contributed by atoms with van der Waals surface area (Å²) >= 11 is 0. The second kappa shape index (κ2) is 4.61. The Morgan fingerprint density at radius 3 is 2.85 bits per heavy atom. The molecular formula is C10H19N3. The van der Waals surface area contributed by atoms with Crippen molar-refractivity contribution >= 4 is 0 Å². The molecule has 0 spiro atoms. The minimum atomic E-state index is 0.110. The number of rotatable bonds is 3. The van der Waals surface area contributed by atoms with E-state index >= 15 is 0 Å². The Bertz CT molecular complexity index is 216. The van der Waals surface area contributed by atoms with Crippen LogP contribution in [-0.4, -0.2) is 43.7 Å². The Morgan fingerprint density at radius 2 is 2.38 bits per heavy atom. The fourth-order valence-corrected chi connectivity index (χ4v) is 1.78. The molecule has 0 amide bonds. The maximum absolute atomic E-state index is 5.78. The van der Waals surface area contributed by atoms with E-state index in [4.69, 9.17) is 5.73 Å². The molecule has 1 heterocycles. The van der Waals surface area contributed by atoms with E-state index in [-0.39, 0.29) is 5.54 Å². The van der Waals surface area contributed by atoms with Crippen LogP contribution in [0, 0.1) is 11.8 Å². The van der Waals surface area contributed by atoms with E-state index in [0.29, 0.717) is 6.54 Å². The third kappa shape index (κ3) is 2.70. The van der Waals surface area contributed by atoms with Gasteiger partial charge in [0.05, 0.1) is 6.54 Å². The SMILES string of the molecule is CC#CCNC1(CN)CCN(C)C1. The van der Waals surface area contributed by atoms with Crippen molar-refractivity contribution in [3.8, 4) is 11.8 Å². The molecular weight excluding hydrogens is 162 g/mol. The largest absolute Gasteiger partial charge is 0.329 e. The zero-order valence-corrected chi connectivity index (χ0v) is 8.56. The highest BCUT2D eigenvalue weighted by Gasteiger charge is 2.34. The molecule has 0 radical (unpaired) electrons. The van der Waals surface area contributed by atoms with Gasteiger partial charge >= 0.3 is 0 Å². The summed E-state index contributed by atoms with van der Waals surface area (Å²) in [6, 6.07) is 0. The maximum atomic E-state index is 5.78. The van der Waals surface area contributed by atoms with Gasteiger partial charge in [0.2, 0.25) is 0 Å². The van der Waals surface area contributed by atoms with Crippen LogP contribution in [0.4, 0.5) is 0 Å². The van der Waals surface area contributed by atoms with Gasteiger partial charge in [-0.3, -0.25) is 5.32 Å². The fraction of sp³-hybridized carbons (Fsp3) is 0.800. The molecule has 1 atom stereocenters. The summed E-state index contributed by atoms with van der Waals surface area (Å²) in [6.07, 6.45) is 1.13. The Hall–Kier alpha value is -0.560. The first-order valence-electron chi connectivity index (χ1n) is 4.76. The number of nitrogens with zero attached hydrogens (tertiary/aromatic N) is 1. The van der Waals surface area contributed by atoms with Gasteiger partial charge in [-0.15, -0.1) is 5.92 Å². The normalized spacial score (nSPS) is 28.5. The zero-order chi connectivity index (χ0) is 9.73. The summed E-state index contributed by atoms with van der Waals surface area (Å²) in [5, 5.41) is 3.44. The van der Waals surface area contributed by atoms with Crippen molar-refractivity contribution in [3.63, 3.8) is 0 Å². The van der Waals surface area contributed by atoms with Crippen molar-refractivity contribution in [2.75, 3.05) is 33.2 Å². The van der Waals surface area contributed by atoms with Gasteiger partial charge in [0.25, 0.3) is 0 Å². The van der Waals surface area contributed by atoms with Crippen LogP contribution >= 0.6 is 0 Å². The van der Waals surface area contributed by atoms with Crippen molar-refractivity contribution < 1.29 is 0 Å². The molecule has 3 nitrogen and oxygen atoms in total. The minimum absolute atomic E-state index is 0.110. The lowest BCUT2D eigenvalue weighted by atomic mass is 9.99. The van der Waals surface area contributed by atoms with E-state index in [0.717, 1.165) is 26.1 Å². The maximum Gasteiger partial charge on any atom is 0.0581 e. The molecule has 0 saturated carbocycles. The second-order valence-electron chi connectivity index (χ2n) is 3.75. The van der Waals surface area contributed by atoms with Crippen molar-refractivity contribution in [1.82, 2.24) is 10.2 Å². The van der Waals surface area contributed by atoms with Crippen LogP contribution < -0.4 is 11.1 Å². The summed E-state index contributed by atoms with van der Waals surface area (Å²) in [4.78, 5) is 2.30. The third-order valence-electron chi connectivity index (χ3n) is 2.66. The van der Waals surface area contributed by atoms with E-state index in [1.54, 1.807) is 0 Å². The first-order valence-corrected chi connectivity index (χ1v) is 4.76. The van der Waals surface area contributed by atoms with Gasteiger partial charge < -0.3 is 10.6 Å². The number of hydrogen-bond donors (Lipinski definition) is 2. The predicted molar refractivity (Wildman–Crippen MR) is 55.4 cm³/mol. The predicted octanol–water partition coefficient (Wildman–Crippen LogP) is -0.368. The van der Waals surface area contributed by atoms with E-state index in [9.17, 15) is 0 Å². The molecule has 74 valence electrons. The number of nitrogens with two attached hydrogens (primary N) is 1. The van der Waals surface area contributed by atoms with Gasteiger partial charge in [-0.25, -0.2) is 0 Å². The highest BCUT2D eigenvalue weighted by molar-refractivity contribution is 5.03. The van der Waals surface area contributed by atoms with Crippen molar-refractivity contribution in [2.24, 2.45) is 5.73 Å². The number of nitrogens with one attached hydrogen (secondary N) is 1. The van der Waals surface area contributed by atoms with Crippen LogP contribution in [0.15, 0.2) is 0 Å². The van der Waals surface area contributed by atoms with Gasteiger partial charge in [0, 0.05) is 18.6 Å². The van der Waals surface area contributed by atoms with Gasteiger partial charge in [-0.05, 0) is 26.9 Å². The number of hydrogen-bond acceptors (Lipinski definition) is 3. The number of likely N-dealkylation sites (tertiary alicyclic amines) is 1. The molecule has 1 aliphatic rings. The van der Waals surface area contributed by atoms with Gasteiger partial charge in [0.1, 0.15) is 0 Å². The molecule has 0 aromatic carbocycles. The average molecular weight is 181 g/mol. The lowest BCUT2D eigenvalue weighted by Crippen LogP contribution is -2.53. The van der Waals surface area contributed by atoms with Gasteiger partial charge in [-0.1, -0.05) is 5.92 Å². The van der Waals surface area contributed by atoms with Crippen molar-refractivity contribution in [1.29, 1.82) is 0 Å². The van der Waals surface area contributed by atoms with E-state index in [1.165, 1.54) is 0 Å². The van der Waals surface area contributed by atoms with Crippen LogP contribution in [-0.2, 0) is 0 Å². The number of likely N-dealkylation sites (N-methyl/N-ethyl adjacent to an activating group) is 1. The molecule has 1 fully saturated rings. The molecule has 3 N–H and O–H groups in total. The topological polar surface area (TPSA) is 41.3 Å². The molecule has 0 bridgehead atoms. The van der Waals surface area contributed by atoms with Gasteiger partial charge in [0.15, 0.2) is 0 Å². The zero-order valence-electron chi connectivity index (χ0n) is 8.56. The molecule has 1 saturated heterocycles. The highest BCUT2D eigenvalue weighted by Crippen LogP contribution is 2.18. The fourth-order valence-electron chi connectivity index (χ4n) is 1.78. The monoisotopic (exact) mass is 181 g/mol. The highest BCUT2D eigenvalue weighted by atomic mass is 15.2. The molecule has 0 aromatic rings. The van der Waals surface area contributed by atoms with E-state index in [2.05, 4.69) is 29.1 Å². The van der Waals surface area contributed by atoms with Crippen molar-refractivity contribution in [3.05, 3.63) is 0 Å². The third-order valence-corrected chi connectivity index (χ3v) is 2.66. The van der Waals surface area contributed by atoms with E-state index < -0.39 is 0 Å². The van der Waals surface area contributed by atoms with Crippen LogP contribution in [0.25, 0.3) is 0 Å². The van der Waals surface area contributed by atoms with Gasteiger partial charge in [-0.2, -0.15) is 0 Å². The summed E-state index contributed by atoms with van der Waals surface area (Å²) in [6.45, 7) is 5.47. The summed E-state index contributed by atoms with van der Waals surface area (Å²) in [5.74, 6) is 5.89. The smallest absolute Gasteiger partial charge is 0.0581 e. The second-order valence-corrected chi connectivity index (χ2v) is 3.75. The van der Waals surface area contributed by atoms with Crippen molar-refractivity contribution in [2.45, 2.75) is 18.9 Å². The van der Waals surface area contributed by atoms with Crippen LogP contribution in [0.5, 0.6) is 0 Å². The quantitative estimate of drug-likeness (QED) is 0.584. The summed E-state index contributed by atoms with van der Waals surface area (Å²) in [5.41, 5.74) is 5.89. The summed E-state index contributed by atoms with van der Waals surface area (Å²) < 4.78 is 0.